The molecule has 1 heterocycles. The Morgan fingerprint density at radius 1 is 0.944 bits per heavy atom. The van der Waals surface area contributed by atoms with Gasteiger partial charge in [0.25, 0.3) is 11.8 Å². The van der Waals surface area contributed by atoms with Gasteiger partial charge in [0, 0.05) is 29.2 Å². The van der Waals surface area contributed by atoms with E-state index in [-0.39, 0.29) is 53.8 Å². The molecule has 18 heteroatoms. The highest BCUT2D eigenvalue weighted by Crippen LogP contribution is 2.57. The minimum absolute atomic E-state index is 0.0143. The van der Waals surface area contributed by atoms with E-state index in [9.17, 15) is 31.8 Å². The number of ether oxygens (including phenoxy) is 1. The summed E-state index contributed by atoms with van der Waals surface area (Å²) < 4.78 is 58.8. The van der Waals surface area contributed by atoms with Gasteiger partial charge in [-0.25, -0.2) is 4.21 Å². The predicted molar refractivity (Wildman–Crippen MR) is 194 cm³/mol. The zero-order chi connectivity index (χ0) is 38.1. The Hall–Kier alpha value is -4.51. The fourth-order valence-corrected chi connectivity index (χ4v) is 8.06. The average molecular weight is 789 g/mol. The molecular formula is C36H40ClF3N8O5S. The third-order valence-electron chi connectivity index (χ3n) is 10.3. The van der Waals surface area contributed by atoms with E-state index in [1.165, 1.54) is 0 Å². The molecule has 4 fully saturated rings. The predicted octanol–water partition coefficient (Wildman–Crippen LogP) is 5.44. The van der Waals surface area contributed by atoms with Gasteiger partial charge in [-0.1, -0.05) is 30.2 Å². The van der Waals surface area contributed by atoms with Crippen LogP contribution in [-0.2, 0) is 26.1 Å². The van der Waals surface area contributed by atoms with Gasteiger partial charge < -0.3 is 26.0 Å². The van der Waals surface area contributed by atoms with Crippen LogP contribution in [0.1, 0.15) is 80.1 Å². The maximum atomic E-state index is 13.1. The highest BCUT2D eigenvalue weighted by atomic mass is 35.5. The standard InChI is InChI=1S/C36H40ClF3N8O5S/c37-24-12-10-23(11-13-24)34(16-17-34)47-32-43-31(44-33(45-32)53-20-36(38,39)40)42-25-14-8-22(9-15-25)29(50)41-18-2-5-28(49)46-35(19-27(35)21-6-7-21)30(51)48-54(52)26-3-1-4-26/h8-15,21,26-27H,1-7,16-20H2,(H,41,50)(H,46,49)(H,48,51)(H2,42,43,44,45,47). The Morgan fingerprint density at radius 3 is 2.28 bits per heavy atom. The number of rotatable bonds is 17. The van der Waals surface area contributed by atoms with Crippen LogP contribution in [0.15, 0.2) is 48.5 Å². The fourth-order valence-electron chi connectivity index (χ4n) is 6.64. The van der Waals surface area contributed by atoms with Crippen LogP contribution in [0, 0.1) is 11.8 Å². The van der Waals surface area contributed by atoms with Crippen molar-refractivity contribution in [1.82, 2.24) is 30.3 Å². The molecule has 0 saturated heterocycles. The van der Waals surface area contributed by atoms with Gasteiger partial charge in [0.15, 0.2) is 6.61 Å². The lowest BCUT2D eigenvalue weighted by molar-refractivity contribution is -0.154. The lowest BCUT2D eigenvalue weighted by Crippen LogP contribution is -2.52. The zero-order valence-electron chi connectivity index (χ0n) is 29.1. The zero-order valence-corrected chi connectivity index (χ0v) is 30.7. The molecule has 54 heavy (non-hydrogen) atoms. The minimum Gasteiger partial charge on any atom is -0.454 e. The van der Waals surface area contributed by atoms with Gasteiger partial charge in [-0.05, 0) is 105 Å². The molecule has 4 aliphatic carbocycles. The van der Waals surface area contributed by atoms with Crippen molar-refractivity contribution in [2.75, 3.05) is 23.8 Å². The van der Waals surface area contributed by atoms with E-state index < -0.39 is 40.9 Å². The summed E-state index contributed by atoms with van der Waals surface area (Å²) in [6.07, 6.45) is 2.55. The first-order valence-corrected chi connectivity index (χ1v) is 19.6. The molecule has 1 aromatic heterocycles. The normalized spacial score (nSPS) is 21.9. The quantitative estimate of drug-likeness (QED) is 0.111. The number of anilines is 3. The lowest BCUT2D eigenvalue weighted by atomic mass is 10.0. The van der Waals surface area contributed by atoms with Crippen molar-refractivity contribution < 1.29 is 36.5 Å². The molecule has 5 N–H and O–H groups in total. The van der Waals surface area contributed by atoms with Crippen molar-refractivity contribution in [2.24, 2.45) is 11.8 Å². The third kappa shape index (κ3) is 9.22. The van der Waals surface area contributed by atoms with Crippen LogP contribution < -0.4 is 30.7 Å². The van der Waals surface area contributed by atoms with E-state index in [4.69, 9.17) is 16.3 Å². The monoisotopic (exact) mass is 788 g/mol. The van der Waals surface area contributed by atoms with E-state index in [0.717, 1.165) is 50.5 Å². The van der Waals surface area contributed by atoms with Gasteiger partial charge in [-0.15, -0.1) is 0 Å². The SMILES string of the molecule is O=C(CCCNC(=O)c1ccc(Nc2nc(NC3(c4ccc(Cl)cc4)CC3)nc(OCC(F)(F)F)n2)cc1)NC1(C(=O)NS(=O)C2CCC2)CC1C1CC1. The first kappa shape index (κ1) is 37.8. The smallest absolute Gasteiger partial charge is 0.422 e. The van der Waals surface area contributed by atoms with Gasteiger partial charge in [0.05, 0.1) is 10.8 Å². The summed E-state index contributed by atoms with van der Waals surface area (Å²) in [5.74, 6) is -0.648. The summed E-state index contributed by atoms with van der Waals surface area (Å²) in [5.41, 5.74) is 0.167. The molecular weight excluding hydrogens is 749 g/mol. The summed E-state index contributed by atoms with van der Waals surface area (Å²) in [4.78, 5) is 51.3. The van der Waals surface area contributed by atoms with E-state index in [0.29, 0.717) is 35.0 Å². The highest BCUT2D eigenvalue weighted by Gasteiger charge is 2.65. The Balaban J connectivity index is 0.910. The first-order valence-electron chi connectivity index (χ1n) is 18.0. The van der Waals surface area contributed by atoms with Crippen molar-refractivity contribution in [3.63, 3.8) is 0 Å². The first-order chi connectivity index (χ1) is 25.8. The van der Waals surface area contributed by atoms with E-state index >= 15 is 0 Å². The Labute approximate surface area is 317 Å². The Kier molecular flexibility index (Phi) is 10.7. The molecule has 4 saturated carbocycles. The summed E-state index contributed by atoms with van der Waals surface area (Å²) >= 11 is 6.04. The van der Waals surface area contributed by atoms with Crippen LogP contribution >= 0.6 is 11.6 Å². The van der Waals surface area contributed by atoms with Crippen LogP contribution in [0.4, 0.5) is 30.8 Å². The molecule has 0 bridgehead atoms. The number of aromatic nitrogens is 3. The fraction of sp³-hybridized carbons (Fsp3) is 0.500. The van der Waals surface area contributed by atoms with E-state index in [1.807, 2.05) is 12.1 Å². The van der Waals surface area contributed by atoms with Crippen LogP contribution in [0.3, 0.4) is 0 Å². The summed E-state index contributed by atoms with van der Waals surface area (Å²) in [7, 11) is -1.45. The van der Waals surface area contributed by atoms with Crippen molar-refractivity contribution in [1.29, 1.82) is 0 Å². The lowest BCUT2D eigenvalue weighted by Gasteiger charge is -2.26. The molecule has 3 unspecified atom stereocenters. The average Bonchev–Trinajstić information content (AvgIpc) is 3.98. The molecule has 3 amide bonds. The number of amides is 3. The number of halogens is 4. The van der Waals surface area contributed by atoms with Gasteiger partial charge in [-0.2, -0.15) is 28.1 Å². The topological polar surface area (TPSA) is 176 Å². The number of hydrogen-bond acceptors (Lipinski definition) is 10. The van der Waals surface area contributed by atoms with Gasteiger partial charge in [0.1, 0.15) is 16.5 Å². The number of carbonyl (C=O) groups excluding carboxylic acids is 3. The molecule has 0 radical (unpaired) electrons. The van der Waals surface area contributed by atoms with Crippen LogP contribution in [0.5, 0.6) is 6.01 Å². The Bertz CT molecular complexity index is 1910. The molecule has 288 valence electrons. The summed E-state index contributed by atoms with van der Waals surface area (Å²) in [5, 5.41) is 12.4. The van der Waals surface area contributed by atoms with E-state index in [1.54, 1.807) is 36.4 Å². The molecule has 4 aliphatic rings. The van der Waals surface area contributed by atoms with Crippen molar-refractivity contribution in [3.05, 3.63) is 64.7 Å². The van der Waals surface area contributed by atoms with Crippen LogP contribution in [0.2, 0.25) is 5.02 Å². The van der Waals surface area contributed by atoms with Crippen LogP contribution in [0.25, 0.3) is 0 Å². The van der Waals surface area contributed by atoms with E-state index in [2.05, 4.69) is 40.9 Å². The number of hydrogen-bond donors (Lipinski definition) is 5. The second kappa shape index (κ2) is 15.3. The maximum absolute atomic E-state index is 13.1. The summed E-state index contributed by atoms with van der Waals surface area (Å²) in [6.45, 7) is -1.38. The number of nitrogens with zero attached hydrogens (tertiary/aromatic N) is 3. The summed E-state index contributed by atoms with van der Waals surface area (Å²) in [6, 6.07) is 13.0. The number of nitrogens with one attached hydrogen (secondary N) is 5. The minimum atomic E-state index is -4.60. The Morgan fingerprint density at radius 2 is 1.65 bits per heavy atom. The maximum Gasteiger partial charge on any atom is 0.422 e. The molecule has 13 nitrogen and oxygen atoms in total. The van der Waals surface area contributed by atoms with Gasteiger partial charge in [-0.3, -0.25) is 19.1 Å². The largest absolute Gasteiger partial charge is 0.454 e. The number of benzene rings is 2. The molecule has 2 aromatic carbocycles. The van der Waals surface area contributed by atoms with Crippen molar-refractivity contribution >= 4 is 57.9 Å². The molecule has 7 rings (SSSR count). The number of carbonyl (C=O) groups is 3. The van der Waals surface area contributed by atoms with Gasteiger partial charge >= 0.3 is 12.2 Å². The highest BCUT2D eigenvalue weighted by molar-refractivity contribution is 7.84. The molecule has 3 atom stereocenters. The molecule has 3 aromatic rings. The van der Waals surface area contributed by atoms with Crippen LogP contribution in [-0.4, -0.2) is 67.0 Å². The molecule has 0 aliphatic heterocycles. The van der Waals surface area contributed by atoms with Crippen molar-refractivity contribution in [3.8, 4) is 6.01 Å². The van der Waals surface area contributed by atoms with Crippen molar-refractivity contribution in [2.45, 2.75) is 86.7 Å². The second-order valence-electron chi connectivity index (χ2n) is 14.4. The second-order valence-corrected chi connectivity index (χ2v) is 16.3. The molecule has 0 spiro atoms. The number of alkyl halides is 3. The van der Waals surface area contributed by atoms with Gasteiger partial charge in [0.2, 0.25) is 17.8 Å². The third-order valence-corrected chi connectivity index (χ3v) is 12.0.